The van der Waals surface area contributed by atoms with E-state index in [2.05, 4.69) is 0 Å². The molecule has 1 aliphatic heterocycles. The molecule has 1 heterocycles. The maximum Gasteiger partial charge on any atom is 0.271 e. The third kappa shape index (κ3) is 5.01. The summed E-state index contributed by atoms with van der Waals surface area (Å²) >= 11 is 14.1. The van der Waals surface area contributed by atoms with Crippen LogP contribution in [0.25, 0.3) is 6.08 Å². The van der Waals surface area contributed by atoms with Crippen molar-refractivity contribution >= 4 is 63.5 Å². The number of aliphatic imine (C=N–C) groups is 1. The van der Waals surface area contributed by atoms with Crippen LogP contribution < -0.4 is 9.64 Å². The first kappa shape index (κ1) is 22.5. The second-order valence-corrected chi connectivity index (χ2v) is 8.80. The molecule has 0 unspecified atom stereocenters. The first-order chi connectivity index (χ1) is 15.6. The van der Waals surface area contributed by atoms with Gasteiger partial charge in [0, 0.05) is 0 Å². The summed E-state index contributed by atoms with van der Waals surface area (Å²) in [5, 5.41) is 1.40. The molecule has 162 valence electrons. The van der Waals surface area contributed by atoms with Gasteiger partial charge in [-0.05, 0) is 66.2 Å². The third-order valence-electron chi connectivity index (χ3n) is 4.57. The lowest BCUT2D eigenvalue weighted by atomic mass is 10.2. The molecule has 32 heavy (non-hydrogen) atoms. The summed E-state index contributed by atoms with van der Waals surface area (Å²) < 4.78 is 5.64. The molecule has 4 nitrogen and oxygen atoms in total. The number of nitrogens with zero attached hydrogens (tertiary/aromatic N) is 2. The van der Waals surface area contributed by atoms with Crippen LogP contribution in [0.1, 0.15) is 18.9 Å². The minimum absolute atomic E-state index is 0.158. The van der Waals surface area contributed by atoms with Gasteiger partial charge in [0.15, 0.2) is 10.9 Å². The van der Waals surface area contributed by atoms with Crippen molar-refractivity contribution in [3.8, 4) is 5.75 Å². The van der Waals surface area contributed by atoms with Crippen LogP contribution in [0.4, 0.5) is 11.4 Å². The summed E-state index contributed by atoms with van der Waals surface area (Å²) in [6, 6.07) is 22.5. The summed E-state index contributed by atoms with van der Waals surface area (Å²) in [5.74, 6) is 0.300. The number of rotatable bonds is 6. The smallest absolute Gasteiger partial charge is 0.271 e. The standard InChI is InChI=1S/C25H20Cl2N2O2S/c1-2-13-31-23-20(26)14-17(15-21(23)27)16-22-24(30)29(19-11-7-4-8-12-19)25(32-22)28-18-9-5-3-6-10-18/h3-12,14-16H,2,13H2,1H3/b22-16+,28-25?. The molecule has 4 rings (SSSR count). The Hall–Kier alpha value is -2.73. The van der Waals surface area contributed by atoms with Crippen molar-refractivity contribution in [1.29, 1.82) is 0 Å². The van der Waals surface area contributed by atoms with Crippen molar-refractivity contribution < 1.29 is 9.53 Å². The number of halogens is 2. The predicted octanol–water partition coefficient (Wildman–Crippen LogP) is 7.59. The van der Waals surface area contributed by atoms with Gasteiger partial charge < -0.3 is 4.74 Å². The van der Waals surface area contributed by atoms with Crippen molar-refractivity contribution in [3.05, 3.63) is 93.3 Å². The van der Waals surface area contributed by atoms with E-state index in [1.807, 2.05) is 67.6 Å². The van der Waals surface area contributed by atoms with E-state index < -0.39 is 0 Å². The van der Waals surface area contributed by atoms with E-state index in [1.165, 1.54) is 11.8 Å². The second-order valence-electron chi connectivity index (χ2n) is 6.98. The van der Waals surface area contributed by atoms with Crippen LogP contribution in [0, 0.1) is 0 Å². The van der Waals surface area contributed by atoms with Gasteiger partial charge in [0.05, 0.1) is 32.9 Å². The molecule has 0 N–H and O–H groups in total. The van der Waals surface area contributed by atoms with Crippen molar-refractivity contribution in [2.75, 3.05) is 11.5 Å². The van der Waals surface area contributed by atoms with Crippen LogP contribution in [-0.4, -0.2) is 17.7 Å². The fourth-order valence-electron chi connectivity index (χ4n) is 3.12. The number of carbonyl (C=O) groups is 1. The lowest BCUT2D eigenvalue weighted by Crippen LogP contribution is -2.28. The number of amidine groups is 1. The third-order valence-corrected chi connectivity index (χ3v) is 6.10. The molecule has 0 bridgehead atoms. The van der Waals surface area contributed by atoms with Crippen LogP contribution in [-0.2, 0) is 4.79 Å². The number of carbonyl (C=O) groups excluding carboxylic acids is 1. The van der Waals surface area contributed by atoms with Crippen LogP contribution in [0.3, 0.4) is 0 Å². The highest BCUT2D eigenvalue weighted by Crippen LogP contribution is 2.39. The maximum atomic E-state index is 13.4. The van der Waals surface area contributed by atoms with E-state index in [-0.39, 0.29) is 5.91 Å². The number of hydrogen-bond acceptors (Lipinski definition) is 4. The van der Waals surface area contributed by atoms with Crippen LogP contribution in [0.5, 0.6) is 5.75 Å². The van der Waals surface area contributed by atoms with Gasteiger partial charge >= 0.3 is 0 Å². The van der Waals surface area contributed by atoms with Gasteiger partial charge in [0.25, 0.3) is 5.91 Å². The Bertz CT molecular complexity index is 1160. The van der Waals surface area contributed by atoms with Gasteiger partial charge in [-0.15, -0.1) is 0 Å². The number of benzene rings is 3. The summed E-state index contributed by atoms with van der Waals surface area (Å²) in [6.45, 7) is 2.54. The monoisotopic (exact) mass is 482 g/mol. The summed E-state index contributed by atoms with van der Waals surface area (Å²) in [4.78, 5) is 20.2. The van der Waals surface area contributed by atoms with Gasteiger partial charge in [-0.1, -0.05) is 66.5 Å². The largest absolute Gasteiger partial charge is 0.490 e. The van der Waals surface area contributed by atoms with E-state index in [9.17, 15) is 4.79 Å². The zero-order valence-electron chi connectivity index (χ0n) is 17.3. The molecule has 3 aromatic carbocycles. The highest BCUT2D eigenvalue weighted by Gasteiger charge is 2.34. The number of ether oxygens (including phenoxy) is 1. The zero-order valence-corrected chi connectivity index (χ0v) is 19.6. The predicted molar refractivity (Wildman–Crippen MR) is 135 cm³/mol. The van der Waals surface area contributed by atoms with Crippen LogP contribution in [0.2, 0.25) is 10.0 Å². The Kier molecular flexibility index (Phi) is 7.20. The summed E-state index contributed by atoms with van der Waals surface area (Å²) in [5.41, 5.74) is 2.24. The van der Waals surface area contributed by atoms with Crippen LogP contribution in [0.15, 0.2) is 82.7 Å². The van der Waals surface area contributed by atoms with E-state index in [1.54, 1.807) is 23.1 Å². The lowest BCUT2D eigenvalue weighted by molar-refractivity contribution is -0.113. The minimum Gasteiger partial charge on any atom is -0.490 e. The fraction of sp³-hybridized carbons (Fsp3) is 0.120. The Morgan fingerprint density at radius 3 is 2.25 bits per heavy atom. The molecule has 1 amide bonds. The quantitative estimate of drug-likeness (QED) is 0.339. The Morgan fingerprint density at radius 2 is 1.62 bits per heavy atom. The average Bonchev–Trinajstić information content (AvgIpc) is 3.09. The van der Waals surface area contributed by atoms with E-state index in [0.29, 0.717) is 38.0 Å². The molecule has 0 spiro atoms. The van der Waals surface area contributed by atoms with E-state index in [0.717, 1.165) is 17.8 Å². The molecule has 7 heteroatoms. The molecular formula is C25H20Cl2N2O2S. The maximum absolute atomic E-state index is 13.4. The van der Waals surface area contributed by atoms with Gasteiger partial charge in [-0.2, -0.15) is 0 Å². The number of anilines is 1. The van der Waals surface area contributed by atoms with Crippen molar-refractivity contribution in [1.82, 2.24) is 0 Å². The normalized spacial score (nSPS) is 16.2. The summed E-state index contributed by atoms with van der Waals surface area (Å²) in [6.07, 6.45) is 2.63. The number of hydrogen-bond donors (Lipinski definition) is 0. The molecule has 0 aliphatic carbocycles. The number of amides is 1. The Balaban J connectivity index is 1.72. The molecule has 0 saturated carbocycles. The molecule has 1 fully saturated rings. The fourth-order valence-corrected chi connectivity index (χ4v) is 4.74. The SMILES string of the molecule is CCCOc1c(Cl)cc(/C=C2/SC(=Nc3ccccc3)N(c3ccccc3)C2=O)cc1Cl. The van der Waals surface area contributed by atoms with Crippen molar-refractivity contribution in [2.24, 2.45) is 4.99 Å². The molecule has 1 saturated heterocycles. The molecule has 0 radical (unpaired) electrons. The Morgan fingerprint density at radius 1 is 1.00 bits per heavy atom. The molecule has 3 aromatic rings. The van der Waals surface area contributed by atoms with Gasteiger partial charge in [-0.3, -0.25) is 9.69 Å². The zero-order chi connectivity index (χ0) is 22.5. The highest BCUT2D eigenvalue weighted by molar-refractivity contribution is 8.19. The number of thioether (sulfide) groups is 1. The van der Waals surface area contributed by atoms with Gasteiger partial charge in [0.2, 0.25) is 0 Å². The van der Waals surface area contributed by atoms with Crippen molar-refractivity contribution in [2.45, 2.75) is 13.3 Å². The molecule has 0 aromatic heterocycles. The molecule has 1 aliphatic rings. The molecular weight excluding hydrogens is 463 g/mol. The first-order valence-electron chi connectivity index (χ1n) is 10.1. The molecule has 0 atom stereocenters. The van der Waals surface area contributed by atoms with Crippen molar-refractivity contribution in [3.63, 3.8) is 0 Å². The van der Waals surface area contributed by atoms with E-state index >= 15 is 0 Å². The van der Waals surface area contributed by atoms with Crippen LogP contribution >= 0.6 is 35.0 Å². The van der Waals surface area contributed by atoms with Gasteiger partial charge in [-0.25, -0.2) is 4.99 Å². The second kappa shape index (κ2) is 10.3. The van der Waals surface area contributed by atoms with E-state index in [4.69, 9.17) is 32.9 Å². The van der Waals surface area contributed by atoms with Gasteiger partial charge in [0.1, 0.15) is 0 Å². The first-order valence-corrected chi connectivity index (χ1v) is 11.7. The lowest BCUT2D eigenvalue weighted by Gasteiger charge is -2.15. The number of para-hydroxylation sites is 2. The summed E-state index contributed by atoms with van der Waals surface area (Å²) in [7, 11) is 0. The minimum atomic E-state index is -0.158. The highest BCUT2D eigenvalue weighted by atomic mass is 35.5. The Labute approximate surface area is 201 Å². The topological polar surface area (TPSA) is 41.9 Å². The average molecular weight is 483 g/mol.